The number of nitrogens with zero attached hydrogens (tertiary/aromatic N) is 1. The Morgan fingerprint density at radius 2 is 1.87 bits per heavy atom. The summed E-state index contributed by atoms with van der Waals surface area (Å²) >= 11 is 5.61. The maximum Gasteiger partial charge on any atom is 0.417 e. The molecule has 0 atom stereocenters. The number of H-pyrrole nitrogens is 1. The molecule has 1 heterocycles. The van der Waals surface area contributed by atoms with Gasteiger partial charge < -0.3 is 11.1 Å². The zero-order valence-electron chi connectivity index (χ0n) is 16.1. The van der Waals surface area contributed by atoms with E-state index >= 15 is 0 Å². The Bertz CT molecular complexity index is 1110. The highest BCUT2D eigenvalue weighted by Gasteiger charge is 2.33. The molecule has 31 heavy (non-hydrogen) atoms. The molecular weight excluding hydrogens is 433 g/mol. The van der Waals surface area contributed by atoms with E-state index in [-0.39, 0.29) is 17.7 Å². The van der Waals surface area contributed by atoms with Crippen molar-refractivity contribution in [1.82, 2.24) is 10.2 Å². The van der Waals surface area contributed by atoms with Crippen molar-refractivity contribution < 1.29 is 22.8 Å². The topological polar surface area (TPSA) is 101 Å². The lowest BCUT2D eigenvalue weighted by atomic mass is 10.0. The van der Waals surface area contributed by atoms with Crippen LogP contribution < -0.4 is 11.1 Å². The summed E-state index contributed by atoms with van der Waals surface area (Å²) in [5.41, 5.74) is 6.85. The summed E-state index contributed by atoms with van der Waals surface area (Å²) in [7, 11) is 0. The fraction of sp³-hybridized carbons (Fsp3) is 0.190. The highest BCUT2D eigenvalue weighted by molar-refractivity contribution is 6.31. The summed E-state index contributed by atoms with van der Waals surface area (Å²) in [5, 5.41) is 8.64. The Kier molecular flexibility index (Phi) is 6.65. The van der Waals surface area contributed by atoms with Crippen LogP contribution >= 0.6 is 11.6 Å². The lowest BCUT2D eigenvalue weighted by Gasteiger charge is -2.11. The molecule has 0 aliphatic heterocycles. The van der Waals surface area contributed by atoms with Crippen LogP contribution in [0.15, 0.2) is 48.7 Å². The van der Waals surface area contributed by atoms with Crippen LogP contribution in [0.3, 0.4) is 0 Å². The lowest BCUT2D eigenvalue weighted by Crippen LogP contribution is -2.15. The van der Waals surface area contributed by atoms with E-state index in [1.807, 2.05) is 6.07 Å². The number of aryl methyl sites for hydroxylation is 2. The number of nitrogens with one attached hydrogen (secondary N) is 2. The van der Waals surface area contributed by atoms with Gasteiger partial charge in [-0.15, -0.1) is 0 Å². The van der Waals surface area contributed by atoms with Crippen molar-refractivity contribution in [3.8, 4) is 0 Å². The van der Waals surface area contributed by atoms with Crippen LogP contribution in [0.25, 0.3) is 0 Å². The number of aromatic amines is 1. The molecule has 4 N–H and O–H groups in total. The van der Waals surface area contributed by atoms with E-state index in [9.17, 15) is 22.8 Å². The largest absolute Gasteiger partial charge is 0.417 e. The Labute approximate surface area is 180 Å². The van der Waals surface area contributed by atoms with Crippen molar-refractivity contribution >= 4 is 29.1 Å². The quantitative estimate of drug-likeness (QED) is 0.504. The summed E-state index contributed by atoms with van der Waals surface area (Å²) in [4.78, 5) is 23.7. The summed E-state index contributed by atoms with van der Waals surface area (Å²) in [6.45, 7) is 0. The maximum atomic E-state index is 13.0. The number of benzene rings is 2. The second-order valence-electron chi connectivity index (χ2n) is 6.87. The van der Waals surface area contributed by atoms with Crippen LogP contribution in [0.5, 0.6) is 0 Å². The number of carbonyl (C=O) groups is 2. The van der Waals surface area contributed by atoms with Gasteiger partial charge in [-0.3, -0.25) is 14.7 Å². The molecule has 2 amide bonds. The van der Waals surface area contributed by atoms with Crippen molar-refractivity contribution in [2.45, 2.75) is 25.4 Å². The van der Waals surface area contributed by atoms with Crippen LogP contribution in [-0.2, 0) is 30.2 Å². The minimum absolute atomic E-state index is 0.198. The standard InChI is InChI=1S/C21H18ClF3N4O2/c22-17-7-5-13(9-16(17)21(23,24)25)10-18(30)28-15-3-1-2-12(8-15)4-6-14-11-27-29-19(14)20(26)31/h1-3,5,7-9,11H,4,6,10H2,(H2,26,31)(H,27,29)(H,28,30). The number of hydrogen-bond donors (Lipinski definition) is 3. The first-order valence-electron chi connectivity index (χ1n) is 9.20. The van der Waals surface area contributed by atoms with Crippen LogP contribution in [0.1, 0.15) is 32.7 Å². The molecule has 6 nitrogen and oxygen atoms in total. The number of rotatable bonds is 7. The predicted molar refractivity (Wildman–Crippen MR) is 110 cm³/mol. The van der Waals surface area contributed by atoms with Gasteiger partial charge >= 0.3 is 6.18 Å². The van der Waals surface area contributed by atoms with E-state index in [0.29, 0.717) is 24.1 Å². The molecule has 10 heteroatoms. The molecular formula is C21H18ClF3N4O2. The average Bonchev–Trinajstić information content (AvgIpc) is 3.16. The van der Waals surface area contributed by atoms with Crippen molar-refractivity contribution in [2.24, 2.45) is 5.73 Å². The summed E-state index contributed by atoms with van der Waals surface area (Å²) in [6, 6.07) is 10.4. The molecule has 2 aromatic carbocycles. The number of amides is 2. The fourth-order valence-corrected chi connectivity index (χ4v) is 3.31. The van der Waals surface area contributed by atoms with Crippen LogP contribution in [-0.4, -0.2) is 22.0 Å². The van der Waals surface area contributed by atoms with Gasteiger partial charge in [-0.2, -0.15) is 18.3 Å². The average molecular weight is 451 g/mol. The molecule has 0 spiro atoms. The van der Waals surface area contributed by atoms with Gasteiger partial charge in [-0.05, 0) is 48.2 Å². The van der Waals surface area contributed by atoms with Gasteiger partial charge in [0.05, 0.1) is 23.2 Å². The molecule has 0 aliphatic carbocycles. The number of anilines is 1. The number of alkyl halides is 3. The number of hydrogen-bond acceptors (Lipinski definition) is 3. The molecule has 1 aromatic heterocycles. The Morgan fingerprint density at radius 1 is 1.10 bits per heavy atom. The molecule has 0 fully saturated rings. The van der Waals surface area contributed by atoms with Gasteiger partial charge in [0.15, 0.2) is 0 Å². The Morgan fingerprint density at radius 3 is 2.58 bits per heavy atom. The molecule has 0 unspecified atom stereocenters. The molecule has 162 valence electrons. The maximum absolute atomic E-state index is 13.0. The van der Waals surface area contributed by atoms with Gasteiger partial charge in [-0.25, -0.2) is 0 Å². The molecule has 0 saturated carbocycles. The first-order chi connectivity index (χ1) is 14.6. The summed E-state index contributed by atoms with van der Waals surface area (Å²) < 4.78 is 39.0. The third-order valence-electron chi connectivity index (χ3n) is 4.56. The lowest BCUT2D eigenvalue weighted by molar-refractivity contribution is -0.137. The van der Waals surface area contributed by atoms with Gasteiger partial charge in [0.25, 0.3) is 5.91 Å². The summed E-state index contributed by atoms with van der Waals surface area (Å²) in [5.74, 6) is -1.05. The van der Waals surface area contributed by atoms with Gasteiger partial charge in [0.1, 0.15) is 5.69 Å². The minimum Gasteiger partial charge on any atom is -0.364 e. The fourth-order valence-electron chi connectivity index (χ4n) is 3.09. The molecule has 0 bridgehead atoms. The summed E-state index contributed by atoms with van der Waals surface area (Å²) in [6.07, 6.45) is -2.22. The second-order valence-corrected chi connectivity index (χ2v) is 7.28. The zero-order chi connectivity index (χ0) is 22.6. The SMILES string of the molecule is NC(=O)c1[nH]ncc1CCc1cccc(NC(=O)Cc2ccc(Cl)c(C(F)(F)F)c2)c1. The molecule has 3 aromatic rings. The minimum atomic E-state index is -4.60. The van der Waals surface area contributed by atoms with Crippen molar-refractivity contribution in [1.29, 1.82) is 0 Å². The van der Waals surface area contributed by atoms with E-state index in [0.717, 1.165) is 17.7 Å². The van der Waals surface area contributed by atoms with Crippen molar-refractivity contribution in [3.05, 3.63) is 81.6 Å². The van der Waals surface area contributed by atoms with Crippen LogP contribution in [0.4, 0.5) is 18.9 Å². The Balaban J connectivity index is 1.64. The van der Waals surface area contributed by atoms with Gasteiger partial charge in [0.2, 0.25) is 5.91 Å². The zero-order valence-corrected chi connectivity index (χ0v) is 16.8. The van der Waals surface area contributed by atoms with E-state index in [1.165, 1.54) is 12.3 Å². The monoisotopic (exact) mass is 450 g/mol. The number of primary amides is 1. The van der Waals surface area contributed by atoms with Gasteiger partial charge in [-0.1, -0.05) is 29.8 Å². The van der Waals surface area contributed by atoms with E-state index in [2.05, 4.69) is 15.5 Å². The van der Waals surface area contributed by atoms with Crippen molar-refractivity contribution in [3.63, 3.8) is 0 Å². The number of carbonyl (C=O) groups excluding carboxylic acids is 2. The van der Waals surface area contributed by atoms with Crippen LogP contribution in [0.2, 0.25) is 5.02 Å². The number of aromatic nitrogens is 2. The predicted octanol–water partition coefficient (Wildman–Crippen LogP) is 4.15. The highest BCUT2D eigenvalue weighted by atomic mass is 35.5. The third kappa shape index (κ3) is 5.85. The van der Waals surface area contributed by atoms with Crippen LogP contribution in [0, 0.1) is 0 Å². The Hall–Kier alpha value is -3.33. The van der Waals surface area contributed by atoms with E-state index in [4.69, 9.17) is 17.3 Å². The molecule has 0 saturated heterocycles. The molecule has 0 aliphatic rings. The van der Waals surface area contributed by atoms with Gasteiger partial charge in [0, 0.05) is 11.3 Å². The van der Waals surface area contributed by atoms with Crippen molar-refractivity contribution in [2.75, 3.05) is 5.32 Å². The molecule has 0 radical (unpaired) electrons. The van der Waals surface area contributed by atoms with E-state index in [1.54, 1.807) is 18.2 Å². The smallest absolute Gasteiger partial charge is 0.364 e. The van der Waals surface area contributed by atoms with E-state index < -0.39 is 28.6 Å². The number of halogens is 4. The highest BCUT2D eigenvalue weighted by Crippen LogP contribution is 2.35. The third-order valence-corrected chi connectivity index (χ3v) is 4.89. The number of nitrogens with two attached hydrogens (primary N) is 1. The second kappa shape index (κ2) is 9.22. The molecule has 3 rings (SSSR count). The first-order valence-corrected chi connectivity index (χ1v) is 9.57. The first kappa shape index (κ1) is 22.4. The normalized spacial score (nSPS) is 11.4.